The number of ketones is 4. The van der Waals surface area contributed by atoms with E-state index in [1.807, 2.05) is 0 Å². The summed E-state index contributed by atoms with van der Waals surface area (Å²) in [7, 11) is 3.04. The number of amides is 2. The molecule has 13 heteroatoms. The van der Waals surface area contributed by atoms with Crippen LogP contribution in [0.2, 0.25) is 0 Å². The van der Waals surface area contributed by atoms with E-state index in [1.54, 1.807) is 30.3 Å². The molecule has 12 nitrogen and oxygen atoms in total. The van der Waals surface area contributed by atoms with Crippen molar-refractivity contribution in [1.29, 1.82) is 0 Å². The molecule has 0 radical (unpaired) electrons. The zero-order chi connectivity index (χ0) is 31.4. The Labute approximate surface area is 245 Å². The Morgan fingerprint density at radius 2 is 1.77 bits per heavy atom. The van der Waals surface area contributed by atoms with Gasteiger partial charge in [0.05, 0.1) is 17.5 Å². The summed E-state index contributed by atoms with van der Waals surface area (Å²) in [6, 6.07) is 8.25. The van der Waals surface area contributed by atoms with Gasteiger partial charge >= 0.3 is 0 Å². The maximum atomic E-state index is 13.9. The van der Waals surface area contributed by atoms with Gasteiger partial charge in [-0.2, -0.15) is 0 Å². The van der Waals surface area contributed by atoms with Crippen molar-refractivity contribution in [3.63, 3.8) is 0 Å². The summed E-state index contributed by atoms with van der Waals surface area (Å²) in [5, 5.41) is 25.0. The maximum Gasteiger partial charge on any atom is 0.250 e. The molecular formula is C30H30FN3O9. The van der Waals surface area contributed by atoms with Crippen molar-refractivity contribution in [2.75, 3.05) is 32.9 Å². The molecule has 2 saturated carbocycles. The van der Waals surface area contributed by atoms with Gasteiger partial charge in [-0.05, 0) is 67.7 Å². The fraction of sp³-hybridized carbons (Fsp3) is 0.400. The van der Waals surface area contributed by atoms with E-state index in [0.29, 0.717) is 22.4 Å². The summed E-state index contributed by atoms with van der Waals surface area (Å²) in [6.07, 6.45) is 0.0412. The first-order chi connectivity index (χ1) is 20.3. The summed E-state index contributed by atoms with van der Waals surface area (Å²) in [5.41, 5.74) is 4.48. The molecular weight excluding hydrogens is 565 g/mol. The highest BCUT2D eigenvalue weighted by Gasteiger charge is 2.69. The summed E-state index contributed by atoms with van der Waals surface area (Å²) >= 11 is 0. The third-order valence-corrected chi connectivity index (χ3v) is 8.73. The van der Waals surface area contributed by atoms with Crippen molar-refractivity contribution < 1.29 is 48.1 Å². The number of nitrogens with two attached hydrogens (primary N) is 1. The monoisotopic (exact) mass is 595 g/mol. The Morgan fingerprint density at radius 1 is 1.09 bits per heavy atom. The number of ether oxygens (including phenoxy) is 1. The van der Waals surface area contributed by atoms with Crippen LogP contribution in [0, 0.1) is 23.7 Å². The number of phenolic OH excluding ortho intramolecular Hbond substituents is 1. The minimum atomic E-state index is -2.79. The van der Waals surface area contributed by atoms with Gasteiger partial charge in [-0.15, -0.1) is 0 Å². The molecule has 0 spiro atoms. The third kappa shape index (κ3) is 4.73. The topological polar surface area (TPSA) is 193 Å². The minimum Gasteiger partial charge on any atom is -0.507 e. The Morgan fingerprint density at radius 3 is 2.37 bits per heavy atom. The number of carbonyl (C=O) groups is 6. The highest BCUT2D eigenvalue weighted by molar-refractivity contribution is 6.32. The molecule has 3 aliphatic rings. The first kappa shape index (κ1) is 30.1. The van der Waals surface area contributed by atoms with Gasteiger partial charge in [0.2, 0.25) is 11.8 Å². The molecule has 3 aliphatic carbocycles. The Kier molecular flexibility index (Phi) is 7.75. The summed E-state index contributed by atoms with van der Waals surface area (Å²) in [4.78, 5) is 79.8. The second-order valence-corrected chi connectivity index (χ2v) is 11.4. The molecule has 2 aromatic carbocycles. The third-order valence-electron chi connectivity index (χ3n) is 8.73. The molecule has 0 aromatic heterocycles. The number of anilines is 1. The molecule has 0 aliphatic heterocycles. The first-order valence-electron chi connectivity index (χ1n) is 13.6. The van der Waals surface area contributed by atoms with Gasteiger partial charge in [-0.25, -0.2) is 4.39 Å². The zero-order valence-corrected chi connectivity index (χ0v) is 23.3. The number of nitrogens with zero attached hydrogens (tertiary/aromatic N) is 1. The van der Waals surface area contributed by atoms with Gasteiger partial charge in [-0.1, -0.05) is 18.2 Å². The minimum absolute atomic E-state index is 0.0646. The van der Waals surface area contributed by atoms with Crippen molar-refractivity contribution in [3.05, 3.63) is 47.5 Å². The lowest BCUT2D eigenvalue weighted by molar-refractivity contribution is -0.181. The average Bonchev–Trinajstić information content (AvgIpc) is 2.94. The second kappa shape index (κ2) is 11.1. The largest absolute Gasteiger partial charge is 0.507 e. The van der Waals surface area contributed by atoms with Gasteiger partial charge < -0.3 is 26.0 Å². The zero-order valence-electron chi connectivity index (χ0n) is 23.3. The number of likely N-dealkylation sites (N-methyl/N-ethyl adjacent to an activating group) is 1. The van der Waals surface area contributed by atoms with E-state index < -0.39 is 83.7 Å². The van der Waals surface area contributed by atoms with E-state index in [2.05, 4.69) is 10.1 Å². The number of fused-ring (bicyclic) bond motifs is 3. The number of hydrogen-bond acceptors (Lipinski definition) is 10. The highest BCUT2D eigenvalue weighted by atomic mass is 19.1. The smallest absolute Gasteiger partial charge is 0.250 e. The van der Waals surface area contributed by atoms with Crippen LogP contribution in [0.4, 0.5) is 10.1 Å². The predicted molar refractivity (Wildman–Crippen MR) is 147 cm³/mol. The number of primary amides is 1. The van der Waals surface area contributed by atoms with Gasteiger partial charge in [-0.3, -0.25) is 33.7 Å². The normalized spacial score (nSPS) is 28.3. The number of nitrogens with one attached hydrogen (secondary N) is 1. The molecule has 2 fully saturated rings. The van der Waals surface area contributed by atoms with Crippen LogP contribution >= 0.6 is 0 Å². The Balaban J connectivity index is 1.54. The molecule has 2 unspecified atom stereocenters. The number of rotatable bonds is 7. The Hall–Kier alpha value is -4.33. The van der Waals surface area contributed by atoms with Crippen LogP contribution in [0.25, 0.3) is 11.1 Å². The number of carbonyl (C=O) groups excluding carboxylic acids is 6. The van der Waals surface area contributed by atoms with Crippen LogP contribution in [0.15, 0.2) is 36.4 Å². The van der Waals surface area contributed by atoms with Crippen LogP contribution < -0.4 is 11.1 Å². The number of alkyl halides is 1. The fourth-order valence-corrected chi connectivity index (χ4v) is 6.94. The van der Waals surface area contributed by atoms with Crippen LogP contribution in [-0.4, -0.2) is 89.3 Å². The molecule has 5 rings (SSSR count). The fourth-order valence-electron chi connectivity index (χ4n) is 6.94. The molecule has 2 aromatic rings. The summed E-state index contributed by atoms with van der Waals surface area (Å²) < 4.78 is 16.6. The quantitative estimate of drug-likeness (QED) is 0.326. The summed E-state index contributed by atoms with van der Waals surface area (Å²) in [6.45, 7) is -1.56. The molecule has 0 saturated heterocycles. The Bertz CT molecular complexity index is 1560. The second-order valence-electron chi connectivity index (χ2n) is 11.4. The van der Waals surface area contributed by atoms with Crippen LogP contribution in [0.1, 0.15) is 22.3 Å². The lowest BCUT2D eigenvalue weighted by atomic mass is 9.52. The number of Topliss-reactive ketones (excluding diaryl/α,β-unsaturated/α-hetero) is 4. The van der Waals surface area contributed by atoms with Gasteiger partial charge in [0, 0.05) is 11.6 Å². The predicted octanol–water partition coefficient (Wildman–Crippen LogP) is 0.416. The van der Waals surface area contributed by atoms with Gasteiger partial charge in [0.25, 0.3) is 0 Å². The first-order valence-corrected chi connectivity index (χ1v) is 13.6. The molecule has 0 bridgehead atoms. The number of halogens is 1. The maximum absolute atomic E-state index is 13.9. The number of aromatic hydroxyl groups is 1. The van der Waals surface area contributed by atoms with E-state index in [1.165, 1.54) is 25.1 Å². The van der Waals surface area contributed by atoms with E-state index in [0.717, 1.165) is 0 Å². The van der Waals surface area contributed by atoms with Crippen LogP contribution in [-0.2, 0) is 35.1 Å². The number of benzene rings is 2. The molecule has 226 valence electrons. The molecule has 2 amide bonds. The van der Waals surface area contributed by atoms with Crippen molar-refractivity contribution in [1.82, 2.24) is 4.90 Å². The van der Waals surface area contributed by atoms with Crippen molar-refractivity contribution in [2.24, 2.45) is 29.4 Å². The lowest BCUT2D eigenvalue weighted by Gasteiger charge is -2.52. The van der Waals surface area contributed by atoms with Gasteiger partial charge in [0.15, 0.2) is 41.5 Å². The van der Waals surface area contributed by atoms with Crippen LogP contribution in [0.5, 0.6) is 5.75 Å². The SMILES string of the molecule is CN(C)[C@@H]1C(=O)C(C(N)=O)C(=O)[C@@]2(O)C(=O)C3C(=O)c4c(O)ccc(-c5ccc(NC(=O)COCF)cc5)c4C[C@H]3C[C@@H]12. The van der Waals surface area contributed by atoms with Crippen molar-refractivity contribution in [3.8, 4) is 16.9 Å². The molecule has 5 N–H and O–H groups in total. The van der Waals surface area contributed by atoms with E-state index >= 15 is 0 Å². The van der Waals surface area contributed by atoms with E-state index in [4.69, 9.17) is 5.73 Å². The van der Waals surface area contributed by atoms with Crippen molar-refractivity contribution >= 4 is 40.6 Å². The van der Waals surface area contributed by atoms with E-state index in [9.17, 15) is 43.4 Å². The highest BCUT2D eigenvalue weighted by Crippen LogP contribution is 2.51. The average molecular weight is 596 g/mol. The number of aliphatic hydroxyl groups is 1. The van der Waals surface area contributed by atoms with Crippen LogP contribution in [0.3, 0.4) is 0 Å². The summed E-state index contributed by atoms with van der Waals surface area (Å²) in [5.74, 6) is -11.7. The lowest BCUT2D eigenvalue weighted by Crippen LogP contribution is -2.74. The number of hydrogen-bond donors (Lipinski definition) is 4. The molecule has 43 heavy (non-hydrogen) atoms. The van der Waals surface area contributed by atoms with Crippen molar-refractivity contribution in [2.45, 2.75) is 24.5 Å². The standard InChI is InChI=1S/C30H30FN3O9/c1-34(2)24-18-10-14-9-17-16(13-3-5-15(6-4-13)33-20(36)11-43-12-31)7-8-19(35)22(17)25(37)21(14)27(39)30(18,42)28(40)23(26(24)38)29(32)41/h3-8,14,18,21,23-24,35,42H,9-12H2,1-2H3,(H2,32,41)(H,33,36)/t14-,18-,21?,23?,24-,30-/m0/s1. The number of phenols is 1. The van der Waals surface area contributed by atoms with Gasteiger partial charge in [0.1, 0.15) is 12.4 Å². The molecule has 6 atom stereocenters. The molecule has 0 heterocycles. The van der Waals surface area contributed by atoms with E-state index in [-0.39, 0.29) is 24.2 Å².